The van der Waals surface area contributed by atoms with Crippen LogP contribution < -0.4 is 9.46 Å². The van der Waals surface area contributed by atoms with Gasteiger partial charge in [0.1, 0.15) is 5.75 Å². The Morgan fingerprint density at radius 3 is 2.29 bits per heavy atom. The van der Waals surface area contributed by atoms with E-state index in [1.165, 1.54) is 0 Å². The van der Waals surface area contributed by atoms with E-state index in [0.717, 1.165) is 17.5 Å². The highest BCUT2D eigenvalue weighted by Crippen LogP contribution is 2.21. The summed E-state index contributed by atoms with van der Waals surface area (Å²) in [4.78, 5) is 0.282. The summed E-state index contributed by atoms with van der Waals surface area (Å²) in [5.74, 6) is 1.25. The van der Waals surface area contributed by atoms with Crippen LogP contribution in [0.3, 0.4) is 0 Å². The maximum absolute atomic E-state index is 12.6. The minimum absolute atomic E-state index is 0.282. The Kier molecular flexibility index (Phi) is 6.02. The third kappa shape index (κ3) is 4.82. The van der Waals surface area contributed by atoms with Crippen molar-refractivity contribution in [1.82, 2.24) is 4.72 Å². The summed E-state index contributed by atoms with van der Waals surface area (Å²) < 4.78 is 33.0. The van der Waals surface area contributed by atoms with Gasteiger partial charge in [-0.3, -0.25) is 0 Å². The van der Waals surface area contributed by atoms with Gasteiger partial charge in [-0.1, -0.05) is 38.1 Å². The lowest BCUT2D eigenvalue weighted by atomic mass is 10.0. The van der Waals surface area contributed by atoms with Crippen LogP contribution in [-0.2, 0) is 16.4 Å². The average molecular weight is 347 g/mol. The van der Waals surface area contributed by atoms with Crippen LogP contribution in [0.2, 0.25) is 0 Å². The summed E-state index contributed by atoms with van der Waals surface area (Å²) in [5, 5.41) is 0. The van der Waals surface area contributed by atoms with Crippen LogP contribution in [0.5, 0.6) is 5.75 Å². The molecule has 2 aromatic rings. The van der Waals surface area contributed by atoms with Crippen LogP contribution in [0, 0.1) is 5.92 Å². The average Bonchev–Trinajstić information content (AvgIpc) is 2.54. The fourth-order valence-corrected chi connectivity index (χ4v) is 3.79. The zero-order chi connectivity index (χ0) is 17.7. The fraction of sp³-hybridized carbons (Fsp3) is 0.368. The van der Waals surface area contributed by atoms with Gasteiger partial charge in [0.2, 0.25) is 10.0 Å². The van der Waals surface area contributed by atoms with Crippen LogP contribution in [-0.4, -0.2) is 15.5 Å². The normalized spacial score (nSPS) is 13.0. The smallest absolute Gasteiger partial charge is 0.241 e. The first-order valence-electron chi connectivity index (χ1n) is 8.07. The Bertz CT molecular complexity index is 767. The van der Waals surface area contributed by atoms with Crippen molar-refractivity contribution in [3.63, 3.8) is 0 Å². The number of hydrogen-bond donors (Lipinski definition) is 1. The molecule has 2 rings (SSSR count). The van der Waals surface area contributed by atoms with Gasteiger partial charge in [0.15, 0.2) is 0 Å². The zero-order valence-corrected chi connectivity index (χ0v) is 15.4. The van der Waals surface area contributed by atoms with Gasteiger partial charge in [0.25, 0.3) is 0 Å². The number of nitrogens with one attached hydrogen (secondary N) is 1. The molecule has 5 heteroatoms. The maximum Gasteiger partial charge on any atom is 0.241 e. The van der Waals surface area contributed by atoms with Crippen LogP contribution >= 0.6 is 0 Å². The Morgan fingerprint density at radius 1 is 1.04 bits per heavy atom. The SMILES string of the molecule is COc1cccc(C(C)NS(=O)(=O)c2ccc(CC(C)C)cc2)c1. The van der Waals surface area contributed by atoms with Gasteiger partial charge in [-0.25, -0.2) is 13.1 Å². The second kappa shape index (κ2) is 7.81. The van der Waals surface area contributed by atoms with Crippen LogP contribution in [0.4, 0.5) is 0 Å². The summed E-state index contributed by atoms with van der Waals surface area (Å²) in [6.45, 7) is 6.10. The summed E-state index contributed by atoms with van der Waals surface area (Å²) in [6, 6.07) is 14.1. The minimum Gasteiger partial charge on any atom is -0.497 e. The van der Waals surface area contributed by atoms with Gasteiger partial charge >= 0.3 is 0 Å². The molecule has 0 saturated heterocycles. The standard InChI is InChI=1S/C19H25NO3S/c1-14(2)12-16-8-10-19(11-9-16)24(21,22)20-15(3)17-6-5-7-18(13-17)23-4/h5-11,13-15,20H,12H2,1-4H3. The highest BCUT2D eigenvalue weighted by Gasteiger charge is 2.18. The second-order valence-corrected chi connectivity index (χ2v) is 8.08. The van der Waals surface area contributed by atoms with Gasteiger partial charge in [-0.2, -0.15) is 0 Å². The molecule has 0 fully saturated rings. The molecule has 2 aromatic carbocycles. The van der Waals surface area contributed by atoms with Crippen molar-refractivity contribution in [3.8, 4) is 5.75 Å². The molecule has 0 amide bonds. The van der Waals surface area contributed by atoms with E-state index < -0.39 is 10.0 Å². The first-order chi connectivity index (χ1) is 11.3. The van der Waals surface area contributed by atoms with Crippen LogP contribution in [0.15, 0.2) is 53.4 Å². The van der Waals surface area contributed by atoms with E-state index in [4.69, 9.17) is 4.74 Å². The molecule has 1 N–H and O–H groups in total. The van der Waals surface area contributed by atoms with E-state index in [1.807, 2.05) is 43.3 Å². The van der Waals surface area contributed by atoms with E-state index in [2.05, 4.69) is 18.6 Å². The number of hydrogen-bond acceptors (Lipinski definition) is 3. The number of methoxy groups -OCH3 is 1. The molecule has 0 aliphatic heterocycles. The Balaban J connectivity index is 2.15. The molecule has 0 spiro atoms. The van der Waals surface area contributed by atoms with Crippen molar-refractivity contribution >= 4 is 10.0 Å². The van der Waals surface area contributed by atoms with Gasteiger partial charge in [0, 0.05) is 6.04 Å². The summed E-state index contributed by atoms with van der Waals surface area (Å²) >= 11 is 0. The first kappa shape index (κ1) is 18.5. The fourth-order valence-electron chi connectivity index (χ4n) is 2.56. The van der Waals surface area contributed by atoms with Gasteiger partial charge < -0.3 is 4.74 Å². The first-order valence-corrected chi connectivity index (χ1v) is 9.55. The molecule has 0 aromatic heterocycles. The lowest BCUT2D eigenvalue weighted by Crippen LogP contribution is -2.26. The monoisotopic (exact) mass is 347 g/mol. The van der Waals surface area contributed by atoms with Gasteiger partial charge in [0.05, 0.1) is 12.0 Å². The molecule has 24 heavy (non-hydrogen) atoms. The zero-order valence-electron chi connectivity index (χ0n) is 14.6. The van der Waals surface area contributed by atoms with Crippen molar-refractivity contribution in [3.05, 3.63) is 59.7 Å². The minimum atomic E-state index is -3.56. The van der Waals surface area contributed by atoms with Gasteiger partial charge in [-0.15, -0.1) is 0 Å². The number of benzene rings is 2. The number of sulfonamides is 1. The van der Waals surface area contributed by atoms with E-state index in [0.29, 0.717) is 11.7 Å². The Labute approximate surface area is 144 Å². The van der Waals surface area contributed by atoms with E-state index >= 15 is 0 Å². The van der Waals surface area contributed by atoms with Crippen molar-refractivity contribution in [1.29, 1.82) is 0 Å². The summed E-state index contributed by atoms with van der Waals surface area (Å²) in [6.07, 6.45) is 0.938. The van der Waals surface area contributed by atoms with E-state index in [1.54, 1.807) is 19.2 Å². The molecule has 0 saturated carbocycles. The molecule has 1 unspecified atom stereocenters. The molecule has 0 aliphatic carbocycles. The maximum atomic E-state index is 12.6. The summed E-state index contributed by atoms with van der Waals surface area (Å²) in [7, 11) is -1.97. The van der Waals surface area contributed by atoms with Crippen LogP contribution in [0.1, 0.15) is 37.9 Å². The van der Waals surface area contributed by atoms with Crippen LogP contribution in [0.25, 0.3) is 0 Å². The van der Waals surface area contributed by atoms with Crippen molar-refractivity contribution in [2.75, 3.05) is 7.11 Å². The lowest BCUT2D eigenvalue weighted by molar-refractivity contribution is 0.413. The van der Waals surface area contributed by atoms with Crippen molar-refractivity contribution < 1.29 is 13.2 Å². The topological polar surface area (TPSA) is 55.4 Å². The lowest BCUT2D eigenvalue weighted by Gasteiger charge is -2.16. The summed E-state index contributed by atoms with van der Waals surface area (Å²) in [5.41, 5.74) is 2.00. The Morgan fingerprint density at radius 2 is 1.71 bits per heavy atom. The molecular weight excluding hydrogens is 322 g/mol. The molecule has 130 valence electrons. The quantitative estimate of drug-likeness (QED) is 0.825. The molecule has 4 nitrogen and oxygen atoms in total. The third-order valence-electron chi connectivity index (χ3n) is 3.80. The molecule has 1 atom stereocenters. The highest BCUT2D eigenvalue weighted by molar-refractivity contribution is 7.89. The Hall–Kier alpha value is -1.85. The number of rotatable bonds is 7. The van der Waals surface area contributed by atoms with E-state index in [9.17, 15) is 8.42 Å². The molecule has 0 heterocycles. The predicted octanol–water partition coefficient (Wildman–Crippen LogP) is 3.93. The molecular formula is C19H25NO3S. The number of ether oxygens (including phenoxy) is 1. The third-order valence-corrected chi connectivity index (χ3v) is 5.36. The predicted molar refractivity (Wildman–Crippen MR) is 96.7 cm³/mol. The van der Waals surface area contributed by atoms with E-state index in [-0.39, 0.29) is 10.9 Å². The molecule has 0 radical (unpaired) electrons. The van der Waals surface area contributed by atoms with Crippen molar-refractivity contribution in [2.24, 2.45) is 5.92 Å². The second-order valence-electron chi connectivity index (χ2n) is 6.36. The molecule has 0 aliphatic rings. The highest BCUT2D eigenvalue weighted by atomic mass is 32.2. The molecule has 0 bridgehead atoms. The largest absolute Gasteiger partial charge is 0.497 e. The van der Waals surface area contributed by atoms with Gasteiger partial charge in [-0.05, 0) is 54.7 Å². The van der Waals surface area contributed by atoms with Crippen molar-refractivity contribution in [2.45, 2.75) is 38.1 Å².